The van der Waals surface area contributed by atoms with Crippen LogP contribution in [0.25, 0.3) is 0 Å². The zero-order valence-electron chi connectivity index (χ0n) is 39.7. The number of phosphoric acid groups is 1. The molecule has 3 unspecified atom stereocenters. The number of aliphatic hydroxyl groups is 2. The van der Waals surface area contributed by atoms with Crippen LogP contribution in [0.5, 0.6) is 0 Å². The maximum atomic E-state index is 12.6. The Labute approximate surface area is 375 Å². The molecule has 0 spiro atoms. The number of phosphoric ester groups is 1. The summed E-state index contributed by atoms with van der Waals surface area (Å²) >= 11 is 0. The Morgan fingerprint density at radius 2 is 0.803 bits per heavy atom. The van der Waals surface area contributed by atoms with Crippen molar-refractivity contribution in [3.05, 3.63) is 12.2 Å². The van der Waals surface area contributed by atoms with E-state index in [1.807, 2.05) is 0 Å². The lowest BCUT2D eigenvalue weighted by molar-refractivity contribution is -0.161. The lowest BCUT2D eigenvalue weighted by atomic mass is 10.0. The molecule has 10 nitrogen and oxygen atoms in total. The van der Waals surface area contributed by atoms with Gasteiger partial charge in [-0.25, -0.2) is 4.57 Å². The Bertz CT molecular complexity index is 1020. The van der Waals surface area contributed by atoms with Crippen molar-refractivity contribution < 1.29 is 47.8 Å². The van der Waals surface area contributed by atoms with Gasteiger partial charge in [-0.05, 0) is 38.5 Å². The summed E-state index contributed by atoms with van der Waals surface area (Å²) in [5, 5.41) is 18.4. The van der Waals surface area contributed by atoms with E-state index in [2.05, 4.69) is 26.0 Å². The molecule has 0 aliphatic heterocycles. The number of carbonyl (C=O) groups excluding carboxylic acids is 2. The van der Waals surface area contributed by atoms with Crippen molar-refractivity contribution in [2.75, 3.05) is 26.4 Å². The molecule has 0 fully saturated rings. The SMILES string of the molecule is CCCCCCC/C=C\CCCCCCCC(=O)OC(COC(=O)CCCCCCCCCCCCCCCCCCCCCCCCCC)COP(=O)(O)OCC(O)CO. The predicted octanol–water partition coefficient (Wildman–Crippen LogP) is 14.3. The molecule has 61 heavy (non-hydrogen) atoms. The molecule has 362 valence electrons. The molecule has 0 aromatic carbocycles. The number of aliphatic hydroxyl groups excluding tert-OH is 2. The van der Waals surface area contributed by atoms with E-state index in [1.165, 1.54) is 167 Å². The average Bonchev–Trinajstić information content (AvgIpc) is 3.25. The summed E-state index contributed by atoms with van der Waals surface area (Å²) in [7, 11) is -4.62. The minimum absolute atomic E-state index is 0.178. The number of ether oxygens (including phenoxy) is 2. The zero-order valence-corrected chi connectivity index (χ0v) is 40.5. The summed E-state index contributed by atoms with van der Waals surface area (Å²) in [5.74, 6) is -0.919. The fourth-order valence-electron chi connectivity index (χ4n) is 7.46. The van der Waals surface area contributed by atoms with Crippen LogP contribution >= 0.6 is 7.82 Å². The highest BCUT2D eigenvalue weighted by molar-refractivity contribution is 7.47. The van der Waals surface area contributed by atoms with Crippen LogP contribution < -0.4 is 0 Å². The molecule has 0 aliphatic carbocycles. The number of hydrogen-bond donors (Lipinski definition) is 3. The summed E-state index contributed by atoms with van der Waals surface area (Å²) in [6.07, 6.45) is 47.6. The summed E-state index contributed by atoms with van der Waals surface area (Å²) in [4.78, 5) is 35.1. The molecule has 0 amide bonds. The maximum absolute atomic E-state index is 12.6. The van der Waals surface area contributed by atoms with Crippen LogP contribution in [0.4, 0.5) is 0 Å². The molecule has 0 saturated carbocycles. The Kier molecular flexibility index (Phi) is 45.7. The normalized spacial score (nSPS) is 13.7. The number of esters is 2. The smallest absolute Gasteiger partial charge is 0.462 e. The fraction of sp³-hybridized carbons (Fsp3) is 0.920. The molecular weight excluding hydrogens is 792 g/mol. The first-order valence-electron chi connectivity index (χ1n) is 25.6. The summed E-state index contributed by atoms with van der Waals surface area (Å²) < 4.78 is 32.8. The lowest BCUT2D eigenvalue weighted by Gasteiger charge is -2.20. The molecule has 3 N–H and O–H groups in total. The number of allylic oxidation sites excluding steroid dienone is 2. The standard InChI is InChI=1S/C50H97O10P/c1-3-5-7-9-11-13-15-17-19-20-21-22-23-24-25-26-27-28-30-31-33-35-37-39-41-49(53)57-45-48(46-59-61(55,56)58-44-47(52)43-51)60-50(54)42-40-38-36-34-32-29-18-16-14-12-10-8-6-4-2/h16,18,47-48,51-52H,3-15,17,19-46H2,1-2H3,(H,55,56)/b18-16-. The van der Waals surface area contributed by atoms with Crippen LogP contribution in [0.3, 0.4) is 0 Å². The first kappa shape index (κ1) is 59.7. The van der Waals surface area contributed by atoms with E-state index in [0.717, 1.165) is 51.4 Å². The Balaban J connectivity index is 4.07. The highest BCUT2D eigenvalue weighted by atomic mass is 31.2. The monoisotopic (exact) mass is 889 g/mol. The molecular formula is C50H97O10P. The fourth-order valence-corrected chi connectivity index (χ4v) is 8.25. The van der Waals surface area contributed by atoms with Gasteiger partial charge in [-0.1, -0.05) is 219 Å². The molecule has 0 saturated heterocycles. The highest BCUT2D eigenvalue weighted by Crippen LogP contribution is 2.43. The molecule has 0 heterocycles. The molecule has 0 bridgehead atoms. The van der Waals surface area contributed by atoms with Crippen LogP contribution in [0, 0.1) is 0 Å². The third-order valence-corrected chi connectivity index (χ3v) is 12.4. The van der Waals surface area contributed by atoms with Crippen molar-refractivity contribution >= 4 is 19.8 Å². The van der Waals surface area contributed by atoms with Gasteiger partial charge in [-0.15, -0.1) is 0 Å². The van der Waals surface area contributed by atoms with Gasteiger partial charge in [-0.2, -0.15) is 0 Å². The van der Waals surface area contributed by atoms with Gasteiger partial charge in [0.05, 0.1) is 19.8 Å². The van der Waals surface area contributed by atoms with Crippen molar-refractivity contribution in [2.45, 2.75) is 270 Å². The van der Waals surface area contributed by atoms with Crippen LogP contribution in [0.15, 0.2) is 12.2 Å². The lowest BCUT2D eigenvalue weighted by Crippen LogP contribution is -2.29. The largest absolute Gasteiger partial charge is 0.472 e. The minimum Gasteiger partial charge on any atom is -0.462 e. The topological polar surface area (TPSA) is 149 Å². The van der Waals surface area contributed by atoms with E-state index in [-0.39, 0.29) is 19.4 Å². The van der Waals surface area contributed by atoms with Gasteiger partial charge in [0, 0.05) is 12.8 Å². The second-order valence-electron chi connectivity index (χ2n) is 17.6. The van der Waals surface area contributed by atoms with Crippen molar-refractivity contribution in [1.82, 2.24) is 0 Å². The molecule has 3 atom stereocenters. The Morgan fingerprint density at radius 3 is 1.18 bits per heavy atom. The van der Waals surface area contributed by atoms with Crippen LogP contribution in [-0.2, 0) is 32.7 Å². The summed E-state index contributed by atoms with van der Waals surface area (Å²) in [5.41, 5.74) is 0. The van der Waals surface area contributed by atoms with E-state index < -0.39 is 51.8 Å². The van der Waals surface area contributed by atoms with Crippen molar-refractivity contribution in [2.24, 2.45) is 0 Å². The minimum atomic E-state index is -4.62. The first-order chi connectivity index (χ1) is 29.7. The second kappa shape index (κ2) is 46.7. The summed E-state index contributed by atoms with van der Waals surface area (Å²) in [6.45, 7) is 2.41. The Hall–Kier alpha value is -1.29. The van der Waals surface area contributed by atoms with E-state index in [9.17, 15) is 24.2 Å². The molecule has 0 aromatic rings. The van der Waals surface area contributed by atoms with Crippen molar-refractivity contribution in [3.8, 4) is 0 Å². The molecule has 0 aromatic heterocycles. The quantitative estimate of drug-likeness (QED) is 0.0233. The van der Waals surface area contributed by atoms with Gasteiger partial charge in [-0.3, -0.25) is 18.6 Å². The number of rotatable bonds is 49. The van der Waals surface area contributed by atoms with Gasteiger partial charge >= 0.3 is 19.8 Å². The average molecular weight is 889 g/mol. The predicted molar refractivity (Wildman–Crippen MR) is 252 cm³/mol. The first-order valence-corrected chi connectivity index (χ1v) is 27.1. The molecule has 0 aliphatic rings. The second-order valence-corrected chi connectivity index (χ2v) is 19.0. The van der Waals surface area contributed by atoms with E-state index >= 15 is 0 Å². The van der Waals surface area contributed by atoms with Crippen LogP contribution in [-0.4, -0.2) is 65.7 Å². The van der Waals surface area contributed by atoms with Crippen LogP contribution in [0.2, 0.25) is 0 Å². The number of hydrogen-bond acceptors (Lipinski definition) is 9. The number of carbonyl (C=O) groups is 2. The number of unbranched alkanes of at least 4 members (excludes halogenated alkanes) is 33. The summed E-state index contributed by atoms with van der Waals surface area (Å²) in [6, 6.07) is 0. The van der Waals surface area contributed by atoms with Gasteiger partial charge in [0.15, 0.2) is 6.10 Å². The van der Waals surface area contributed by atoms with Crippen molar-refractivity contribution in [3.63, 3.8) is 0 Å². The van der Waals surface area contributed by atoms with Gasteiger partial charge < -0.3 is 24.6 Å². The van der Waals surface area contributed by atoms with Gasteiger partial charge in [0.2, 0.25) is 0 Å². The highest BCUT2D eigenvalue weighted by Gasteiger charge is 2.27. The van der Waals surface area contributed by atoms with E-state index in [0.29, 0.717) is 12.8 Å². The van der Waals surface area contributed by atoms with Gasteiger partial charge in [0.1, 0.15) is 12.7 Å². The van der Waals surface area contributed by atoms with Crippen LogP contribution in [0.1, 0.15) is 258 Å². The van der Waals surface area contributed by atoms with E-state index in [1.54, 1.807) is 0 Å². The van der Waals surface area contributed by atoms with Crippen molar-refractivity contribution in [1.29, 1.82) is 0 Å². The third kappa shape index (κ3) is 46.5. The maximum Gasteiger partial charge on any atom is 0.472 e. The van der Waals surface area contributed by atoms with E-state index in [4.69, 9.17) is 23.6 Å². The molecule has 0 radical (unpaired) electrons. The molecule has 0 rings (SSSR count). The molecule has 11 heteroatoms. The zero-order chi connectivity index (χ0) is 44.8. The van der Waals surface area contributed by atoms with Gasteiger partial charge in [0.25, 0.3) is 0 Å². The third-order valence-electron chi connectivity index (χ3n) is 11.4. The Morgan fingerprint density at radius 1 is 0.475 bits per heavy atom.